The van der Waals surface area contributed by atoms with E-state index in [2.05, 4.69) is 18.5 Å². The van der Waals surface area contributed by atoms with Gasteiger partial charge in [-0.25, -0.2) is 0 Å². The minimum atomic E-state index is 0.623. The SMILES string of the molecule is C=COC[C@@H]1CCCN1C. The summed E-state index contributed by atoms with van der Waals surface area (Å²) < 4.78 is 5.11. The lowest BCUT2D eigenvalue weighted by atomic mass is 10.2. The molecule has 0 aliphatic carbocycles. The van der Waals surface area contributed by atoms with Crippen LogP contribution in [-0.2, 0) is 4.74 Å². The Morgan fingerprint density at radius 3 is 3.10 bits per heavy atom. The summed E-state index contributed by atoms with van der Waals surface area (Å²) in [6.07, 6.45) is 4.10. The average molecular weight is 141 g/mol. The van der Waals surface area contributed by atoms with Gasteiger partial charge >= 0.3 is 0 Å². The van der Waals surface area contributed by atoms with Gasteiger partial charge in [0, 0.05) is 6.04 Å². The fraction of sp³-hybridized carbons (Fsp3) is 0.750. The molecule has 1 saturated heterocycles. The van der Waals surface area contributed by atoms with E-state index in [9.17, 15) is 0 Å². The molecule has 0 spiro atoms. The van der Waals surface area contributed by atoms with Crippen LogP contribution in [0, 0.1) is 0 Å². The number of likely N-dealkylation sites (N-methyl/N-ethyl adjacent to an activating group) is 1. The van der Waals surface area contributed by atoms with E-state index in [0.29, 0.717) is 6.04 Å². The summed E-state index contributed by atoms with van der Waals surface area (Å²) >= 11 is 0. The van der Waals surface area contributed by atoms with Crippen molar-refractivity contribution in [3.05, 3.63) is 12.8 Å². The fourth-order valence-corrected chi connectivity index (χ4v) is 1.37. The fourth-order valence-electron chi connectivity index (χ4n) is 1.37. The van der Waals surface area contributed by atoms with Gasteiger partial charge in [-0.1, -0.05) is 6.58 Å². The molecule has 1 aliphatic heterocycles. The Bertz CT molecular complexity index is 114. The highest BCUT2D eigenvalue weighted by Gasteiger charge is 2.20. The summed E-state index contributed by atoms with van der Waals surface area (Å²) in [4.78, 5) is 2.34. The molecular weight excluding hydrogens is 126 g/mol. The lowest BCUT2D eigenvalue weighted by Crippen LogP contribution is -2.28. The maximum Gasteiger partial charge on any atom is 0.103 e. The van der Waals surface area contributed by atoms with Crippen molar-refractivity contribution in [2.24, 2.45) is 0 Å². The van der Waals surface area contributed by atoms with Gasteiger partial charge in [-0.3, -0.25) is 0 Å². The molecule has 1 atom stereocenters. The third kappa shape index (κ3) is 1.74. The van der Waals surface area contributed by atoms with Crippen molar-refractivity contribution < 1.29 is 4.74 Å². The first-order valence-corrected chi connectivity index (χ1v) is 3.77. The van der Waals surface area contributed by atoms with Gasteiger partial charge in [-0.05, 0) is 26.4 Å². The molecule has 0 N–H and O–H groups in total. The van der Waals surface area contributed by atoms with Crippen molar-refractivity contribution in [1.29, 1.82) is 0 Å². The molecule has 1 fully saturated rings. The minimum absolute atomic E-state index is 0.623. The third-order valence-corrected chi connectivity index (χ3v) is 2.08. The van der Waals surface area contributed by atoms with Crippen LogP contribution >= 0.6 is 0 Å². The van der Waals surface area contributed by atoms with Gasteiger partial charge in [0.1, 0.15) is 6.61 Å². The second kappa shape index (κ2) is 3.62. The first-order valence-electron chi connectivity index (χ1n) is 3.77. The molecule has 2 heteroatoms. The van der Waals surface area contributed by atoms with Gasteiger partial charge in [0.25, 0.3) is 0 Å². The Hall–Kier alpha value is -0.500. The summed E-state index contributed by atoms with van der Waals surface area (Å²) in [6.45, 7) is 5.52. The Balaban J connectivity index is 2.19. The monoisotopic (exact) mass is 141 g/mol. The highest BCUT2D eigenvalue weighted by Crippen LogP contribution is 2.14. The summed E-state index contributed by atoms with van der Waals surface area (Å²) in [6, 6.07) is 0.623. The molecular formula is C8H15NO. The topological polar surface area (TPSA) is 12.5 Å². The molecule has 58 valence electrons. The molecule has 1 rings (SSSR count). The first-order chi connectivity index (χ1) is 4.84. The summed E-state index contributed by atoms with van der Waals surface area (Å²) in [5.74, 6) is 0. The maximum atomic E-state index is 5.11. The van der Waals surface area contributed by atoms with E-state index in [1.807, 2.05) is 0 Å². The summed E-state index contributed by atoms with van der Waals surface area (Å²) in [5.41, 5.74) is 0. The van der Waals surface area contributed by atoms with Crippen molar-refractivity contribution >= 4 is 0 Å². The van der Waals surface area contributed by atoms with Crippen molar-refractivity contribution in [1.82, 2.24) is 4.90 Å². The molecule has 0 unspecified atom stereocenters. The number of ether oxygens (including phenoxy) is 1. The van der Waals surface area contributed by atoms with Crippen molar-refractivity contribution in [3.63, 3.8) is 0 Å². The molecule has 0 saturated carbocycles. The van der Waals surface area contributed by atoms with Gasteiger partial charge in [0.05, 0.1) is 6.26 Å². The van der Waals surface area contributed by atoms with Gasteiger partial charge < -0.3 is 9.64 Å². The number of likely N-dealkylation sites (tertiary alicyclic amines) is 1. The number of rotatable bonds is 3. The molecule has 1 heterocycles. The zero-order chi connectivity index (χ0) is 7.40. The number of nitrogens with zero attached hydrogens (tertiary/aromatic N) is 1. The Morgan fingerprint density at radius 1 is 1.80 bits per heavy atom. The molecule has 2 nitrogen and oxygen atoms in total. The quantitative estimate of drug-likeness (QED) is 0.548. The van der Waals surface area contributed by atoms with E-state index in [-0.39, 0.29) is 0 Å². The standard InChI is InChI=1S/C8H15NO/c1-3-10-7-8-5-4-6-9(8)2/h3,8H,1,4-7H2,2H3/t8-/m0/s1. The van der Waals surface area contributed by atoms with E-state index in [1.54, 1.807) is 0 Å². The van der Waals surface area contributed by atoms with Crippen molar-refractivity contribution in [3.8, 4) is 0 Å². The van der Waals surface area contributed by atoms with Crippen LogP contribution in [-0.4, -0.2) is 31.1 Å². The molecule has 1 aliphatic rings. The molecule has 10 heavy (non-hydrogen) atoms. The lowest BCUT2D eigenvalue weighted by Gasteiger charge is -2.17. The lowest BCUT2D eigenvalue weighted by molar-refractivity contribution is 0.161. The largest absolute Gasteiger partial charge is 0.500 e. The zero-order valence-electron chi connectivity index (χ0n) is 6.55. The zero-order valence-corrected chi connectivity index (χ0v) is 6.55. The minimum Gasteiger partial charge on any atom is -0.500 e. The molecule has 0 aromatic carbocycles. The summed E-state index contributed by atoms with van der Waals surface area (Å²) in [5, 5.41) is 0. The number of hydrogen-bond acceptors (Lipinski definition) is 2. The first kappa shape index (κ1) is 7.61. The Morgan fingerprint density at radius 2 is 2.60 bits per heavy atom. The molecule has 0 bridgehead atoms. The van der Waals surface area contributed by atoms with Crippen LogP contribution in [0.2, 0.25) is 0 Å². The van der Waals surface area contributed by atoms with Crippen LogP contribution in [0.4, 0.5) is 0 Å². The van der Waals surface area contributed by atoms with Gasteiger partial charge in [-0.2, -0.15) is 0 Å². The molecule has 0 aromatic rings. The van der Waals surface area contributed by atoms with Crippen LogP contribution in [0.3, 0.4) is 0 Å². The Kier molecular flexibility index (Phi) is 2.75. The van der Waals surface area contributed by atoms with Crippen LogP contribution < -0.4 is 0 Å². The van der Waals surface area contributed by atoms with Gasteiger partial charge in [-0.15, -0.1) is 0 Å². The van der Waals surface area contributed by atoms with E-state index >= 15 is 0 Å². The van der Waals surface area contributed by atoms with Crippen molar-refractivity contribution in [2.45, 2.75) is 18.9 Å². The predicted octanol–water partition coefficient (Wildman–Crippen LogP) is 1.24. The predicted molar refractivity (Wildman–Crippen MR) is 41.8 cm³/mol. The number of hydrogen-bond donors (Lipinski definition) is 0. The highest BCUT2D eigenvalue weighted by molar-refractivity contribution is 4.76. The highest BCUT2D eigenvalue weighted by atomic mass is 16.5. The van der Waals surface area contributed by atoms with Crippen molar-refractivity contribution in [2.75, 3.05) is 20.2 Å². The van der Waals surface area contributed by atoms with Crippen LogP contribution in [0.1, 0.15) is 12.8 Å². The van der Waals surface area contributed by atoms with Crippen LogP contribution in [0.25, 0.3) is 0 Å². The van der Waals surface area contributed by atoms with E-state index in [4.69, 9.17) is 4.74 Å². The van der Waals surface area contributed by atoms with Crippen LogP contribution in [0.5, 0.6) is 0 Å². The third-order valence-electron chi connectivity index (χ3n) is 2.08. The molecule has 0 aromatic heterocycles. The molecule has 0 radical (unpaired) electrons. The van der Waals surface area contributed by atoms with E-state index in [0.717, 1.165) is 6.61 Å². The average Bonchev–Trinajstić information content (AvgIpc) is 2.31. The smallest absolute Gasteiger partial charge is 0.103 e. The summed E-state index contributed by atoms with van der Waals surface area (Å²) in [7, 11) is 2.14. The van der Waals surface area contributed by atoms with Gasteiger partial charge in [0.2, 0.25) is 0 Å². The van der Waals surface area contributed by atoms with Crippen LogP contribution in [0.15, 0.2) is 12.8 Å². The van der Waals surface area contributed by atoms with Gasteiger partial charge in [0.15, 0.2) is 0 Å². The van der Waals surface area contributed by atoms with E-state index < -0.39 is 0 Å². The maximum absolute atomic E-state index is 5.11. The molecule has 0 amide bonds. The van der Waals surface area contributed by atoms with E-state index in [1.165, 1.54) is 25.6 Å². The second-order valence-electron chi connectivity index (χ2n) is 2.78. The Labute approximate surface area is 62.5 Å². The second-order valence-corrected chi connectivity index (χ2v) is 2.78. The normalized spacial score (nSPS) is 26.7.